The number of benzene rings is 3. The van der Waals surface area contributed by atoms with Gasteiger partial charge in [0.2, 0.25) is 0 Å². The molecule has 0 fully saturated rings. The maximum atomic E-state index is 12.6. The van der Waals surface area contributed by atoms with E-state index in [1.807, 2.05) is 108 Å². The van der Waals surface area contributed by atoms with Gasteiger partial charge in [-0.1, -0.05) is 78.9 Å². The maximum absolute atomic E-state index is 12.6. The van der Waals surface area contributed by atoms with E-state index in [1.165, 1.54) is 0 Å². The van der Waals surface area contributed by atoms with Crippen molar-refractivity contribution in [2.45, 2.75) is 0 Å². The lowest BCUT2D eigenvalue weighted by molar-refractivity contribution is -0.119. The Morgan fingerprint density at radius 3 is 1.64 bits per heavy atom. The van der Waals surface area contributed by atoms with Crippen LogP contribution < -0.4 is 10.2 Å². The van der Waals surface area contributed by atoms with Crippen molar-refractivity contribution in [3.63, 3.8) is 0 Å². The molecule has 0 aliphatic carbocycles. The van der Waals surface area contributed by atoms with Crippen LogP contribution in [0.15, 0.2) is 103 Å². The Hall–Kier alpha value is -3.79. The molecule has 0 saturated heterocycles. The van der Waals surface area contributed by atoms with Gasteiger partial charge >= 0.3 is 0 Å². The summed E-state index contributed by atoms with van der Waals surface area (Å²) in [5, 5.41) is 0. The number of aromatic nitrogens is 1. The van der Waals surface area contributed by atoms with Crippen LogP contribution >= 0.6 is 0 Å². The average Bonchev–Trinajstić information content (AvgIpc) is 3.17. The van der Waals surface area contributed by atoms with Crippen LogP contribution in [-0.2, 0) is 4.79 Å². The van der Waals surface area contributed by atoms with E-state index in [2.05, 4.69) is 5.43 Å². The van der Waals surface area contributed by atoms with Gasteiger partial charge in [0.05, 0.1) is 11.4 Å². The summed E-state index contributed by atoms with van der Waals surface area (Å²) in [6, 6.07) is 33.3. The standard InChI is InChI=1S/C24H20N2O2/c27-24(18-28-21-14-8-3-9-15-21)25-26-22(19-10-4-1-5-11-19)16-17-23(26)20-12-6-2-7-13-20/h1-17H,18H2,(H,25,27). The first-order chi connectivity index (χ1) is 13.8. The number of nitrogens with one attached hydrogen (secondary N) is 1. The number of rotatable bonds is 6. The molecule has 0 atom stereocenters. The zero-order valence-electron chi connectivity index (χ0n) is 15.3. The SMILES string of the molecule is O=C(COc1ccccc1)Nn1c(-c2ccccc2)ccc1-c1ccccc1. The number of hydrogen-bond acceptors (Lipinski definition) is 2. The van der Waals surface area contributed by atoms with Crippen molar-refractivity contribution in [2.75, 3.05) is 12.0 Å². The second-order valence-electron chi connectivity index (χ2n) is 6.31. The van der Waals surface area contributed by atoms with Gasteiger partial charge < -0.3 is 4.74 Å². The number of hydrogen-bond donors (Lipinski definition) is 1. The van der Waals surface area contributed by atoms with Crippen LogP contribution in [0.2, 0.25) is 0 Å². The van der Waals surface area contributed by atoms with Gasteiger partial charge in [0.15, 0.2) is 6.61 Å². The highest BCUT2D eigenvalue weighted by atomic mass is 16.5. The van der Waals surface area contributed by atoms with E-state index in [-0.39, 0.29) is 12.5 Å². The highest BCUT2D eigenvalue weighted by Gasteiger charge is 2.14. The minimum atomic E-state index is -0.227. The molecule has 3 aromatic carbocycles. The first kappa shape index (κ1) is 17.6. The van der Waals surface area contributed by atoms with Gasteiger partial charge in [-0.2, -0.15) is 0 Å². The van der Waals surface area contributed by atoms with E-state index < -0.39 is 0 Å². The molecule has 0 spiro atoms. The van der Waals surface area contributed by atoms with E-state index in [0.717, 1.165) is 22.5 Å². The predicted molar refractivity (Wildman–Crippen MR) is 112 cm³/mol. The summed E-state index contributed by atoms with van der Waals surface area (Å²) in [7, 11) is 0. The predicted octanol–water partition coefficient (Wildman–Crippen LogP) is 4.97. The minimum Gasteiger partial charge on any atom is -0.484 e. The number of carbonyl (C=O) groups is 1. The van der Waals surface area contributed by atoms with E-state index in [9.17, 15) is 4.79 Å². The van der Waals surface area contributed by atoms with Crippen LogP contribution in [0.25, 0.3) is 22.5 Å². The van der Waals surface area contributed by atoms with Gasteiger partial charge in [0.25, 0.3) is 5.91 Å². The van der Waals surface area contributed by atoms with Crippen molar-refractivity contribution >= 4 is 5.91 Å². The molecular formula is C24H20N2O2. The molecule has 0 aliphatic heterocycles. The Labute approximate surface area is 164 Å². The van der Waals surface area contributed by atoms with Crippen molar-refractivity contribution in [1.29, 1.82) is 0 Å². The summed E-state index contributed by atoms with van der Waals surface area (Å²) < 4.78 is 7.40. The highest BCUT2D eigenvalue weighted by molar-refractivity contribution is 5.87. The summed E-state index contributed by atoms with van der Waals surface area (Å²) in [5.41, 5.74) is 6.84. The van der Waals surface area contributed by atoms with Crippen LogP contribution in [0, 0.1) is 0 Å². The maximum Gasteiger partial charge on any atom is 0.276 e. The van der Waals surface area contributed by atoms with Crippen LogP contribution in [0.5, 0.6) is 5.75 Å². The van der Waals surface area contributed by atoms with Crippen molar-refractivity contribution in [2.24, 2.45) is 0 Å². The Balaban J connectivity index is 1.62. The smallest absolute Gasteiger partial charge is 0.276 e. The van der Waals surface area contributed by atoms with Crippen LogP contribution in [-0.4, -0.2) is 17.2 Å². The fourth-order valence-corrected chi connectivity index (χ4v) is 3.05. The Morgan fingerprint density at radius 2 is 1.14 bits per heavy atom. The van der Waals surface area contributed by atoms with Crippen LogP contribution in [0.1, 0.15) is 0 Å². The zero-order valence-corrected chi connectivity index (χ0v) is 15.3. The highest BCUT2D eigenvalue weighted by Crippen LogP contribution is 2.27. The molecule has 1 amide bonds. The summed E-state index contributed by atoms with van der Waals surface area (Å²) >= 11 is 0. The lowest BCUT2D eigenvalue weighted by atomic mass is 10.2. The van der Waals surface area contributed by atoms with Gasteiger partial charge in [-0.15, -0.1) is 0 Å². The lowest BCUT2D eigenvalue weighted by Crippen LogP contribution is -2.28. The largest absolute Gasteiger partial charge is 0.484 e. The molecule has 0 unspecified atom stereocenters. The quantitative estimate of drug-likeness (QED) is 0.522. The molecule has 0 radical (unpaired) electrons. The normalized spacial score (nSPS) is 10.4. The number of amides is 1. The topological polar surface area (TPSA) is 43.3 Å². The third-order valence-electron chi connectivity index (χ3n) is 4.37. The van der Waals surface area contributed by atoms with Crippen LogP contribution in [0.3, 0.4) is 0 Å². The van der Waals surface area contributed by atoms with Crippen LogP contribution in [0.4, 0.5) is 0 Å². The molecule has 138 valence electrons. The van der Waals surface area contributed by atoms with E-state index in [0.29, 0.717) is 5.75 Å². The molecule has 1 heterocycles. The summed E-state index contributed by atoms with van der Waals surface area (Å²) in [6.45, 7) is -0.0648. The molecule has 4 aromatic rings. The molecular weight excluding hydrogens is 348 g/mol. The fraction of sp³-hybridized carbons (Fsp3) is 0.0417. The Morgan fingerprint density at radius 1 is 0.679 bits per heavy atom. The molecule has 1 N–H and O–H groups in total. The first-order valence-corrected chi connectivity index (χ1v) is 9.11. The average molecular weight is 368 g/mol. The Bertz CT molecular complexity index is 985. The summed E-state index contributed by atoms with van der Waals surface area (Å²) in [5.74, 6) is 0.436. The van der Waals surface area contributed by atoms with E-state index in [4.69, 9.17) is 4.74 Å². The molecule has 0 bridgehead atoms. The molecule has 28 heavy (non-hydrogen) atoms. The van der Waals surface area contributed by atoms with Crippen molar-refractivity contribution < 1.29 is 9.53 Å². The van der Waals surface area contributed by atoms with Gasteiger partial charge in [0.1, 0.15) is 5.75 Å². The third-order valence-corrected chi connectivity index (χ3v) is 4.37. The lowest BCUT2D eigenvalue weighted by Gasteiger charge is -2.15. The third kappa shape index (κ3) is 3.96. The second-order valence-corrected chi connectivity index (χ2v) is 6.31. The molecule has 0 saturated carbocycles. The summed E-state index contributed by atoms with van der Waals surface area (Å²) in [4.78, 5) is 12.6. The van der Waals surface area contributed by atoms with Crippen molar-refractivity contribution in [1.82, 2.24) is 4.68 Å². The van der Waals surface area contributed by atoms with E-state index in [1.54, 1.807) is 0 Å². The molecule has 0 aliphatic rings. The van der Waals surface area contributed by atoms with Gasteiger partial charge in [0, 0.05) is 11.1 Å². The minimum absolute atomic E-state index is 0.0648. The second kappa shape index (κ2) is 8.27. The van der Waals surface area contributed by atoms with Gasteiger partial charge in [-0.05, 0) is 24.3 Å². The zero-order chi connectivity index (χ0) is 19.2. The first-order valence-electron chi connectivity index (χ1n) is 9.11. The molecule has 4 nitrogen and oxygen atoms in total. The molecule has 4 rings (SSSR count). The summed E-state index contributed by atoms with van der Waals surface area (Å²) in [6.07, 6.45) is 0. The number of ether oxygens (including phenoxy) is 1. The number of nitrogens with zero attached hydrogens (tertiary/aromatic N) is 1. The van der Waals surface area contributed by atoms with Gasteiger partial charge in [-0.25, -0.2) is 0 Å². The monoisotopic (exact) mass is 368 g/mol. The van der Waals surface area contributed by atoms with Crippen molar-refractivity contribution in [3.05, 3.63) is 103 Å². The molecule has 1 aromatic heterocycles. The van der Waals surface area contributed by atoms with E-state index >= 15 is 0 Å². The Kier molecular flexibility index (Phi) is 5.20. The fourth-order valence-electron chi connectivity index (χ4n) is 3.05. The number of para-hydroxylation sites is 1. The number of carbonyl (C=O) groups excluding carboxylic acids is 1. The molecule has 4 heteroatoms. The van der Waals surface area contributed by atoms with Crippen molar-refractivity contribution in [3.8, 4) is 28.3 Å². The van der Waals surface area contributed by atoms with Gasteiger partial charge in [-0.3, -0.25) is 14.9 Å².